The topological polar surface area (TPSA) is 38.3 Å². The minimum absolute atomic E-state index is 0.225. The summed E-state index contributed by atoms with van der Waals surface area (Å²) in [5.41, 5.74) is 0.467. The van der Waals surface area contributed by atoms with Crippen LogP contribution >= 0.6 is 15.9 Å². The molecule has 1 N–H and O–H groups in total. The van der Waals surface area contributed by atoms with Gasteiger partial charge in [0.25, 0.3) is 0 Å². The van der Waals surface area contributed by atoms with Gasteiger partial charge in [0.15, 0.2) is 0 Å². The van der Waals surface area contributed by atoms with Crippen molar-refractivity contribution in [3.63, 3.8) is 0 Å². The Kier molecular flexibility index (Phi) is 5.15. The summed E-state index contributed by atoms with van der Waals surface area (Å²) < 4.78 is 6.05. The molecule has 0 aromatic heterocycles. The monoisotopic (exact) mass is 299 g/mol. The molecule has 0 saturated heterocycles. The number of benzene rings is 1. The van der Waals surface area contributed by atoms with Gasteiger partial charge in [0.05, 0.1) is 6.61 Å². The predicted molar refractivity (Wildman–Crippen MR) is 71.7 cm³/mol. The number of carbonyl (C=O) groups excluding carboxylic acids is 1. The minimum atomic E-state index is -0.664. The first kappa shape index (κ1) is 14.2. The highest BCUT2D eigenvalue weighted by atomic mass is 79.9. The van der Waals surface area contributed by atoms with E-state index >= 15 is 0 Å². The van der Waals surface area contributed by atoms with Gasteiger partial charge in [-0.25, -0.2) is 0 Å². The molecule has 0 spiro atoms. The van der Waals surface area contributed by atoms with Gasteiger partial charge in [0.1, 0.15) is 5.54 Å². The summed E-state index contributed by atoms with van der Waals surface area (Å²) in [5.74, 6) is -0.225. The highest BCUT2D eigenvalue weighted by Crippen LogP contribution is 2.12. The van der Waals surface area contributed by atoms with Crippen molar-refractivity contribution in [3.05, 3.63) is 34.3 Å². The smallest absolute Gasteiger partial charge is 0.325 e. The van der Waals surface area contributed by atoms with Crippen LogP contribution in [0.5, 0.6) is 0 Å². The quantitative estimate of drug-likeness (QED) is 0.850. The highest BCUT2D eigenvalue weighted by molar-refractivity contribution is 9.10. The van der Waals surface area contributed by atoms with Crippen molar-refractivity contribution in [1.29, 1.82) is 0 Å². The summed E-state index contributed by atoms with van der Waals surface area (Å²) in [7, 11) is 0. The number of hydrogen-bond donors (Lipinski definition) is 1. The summed E-state index contributed by atoms with van der Waals surface area (Å²) in [4.78, 5) is 11.6. The zero-order valence-corrected chi connectivity index (χ0v) is 12.0. The molecule has 1 aromatic carbocycles. The van der Waals surface area contributed by atoms with Crippen molar-refractivity contribution in [2.24, 2.45) is 0 Å². The van der Waals surface area contributed by atoms with E-state index in [1.165, 1.54) is 0 Å². The molecule has 0 aliphatic carbocycles. The lowest BCUT2D eigenvalue weighted by atomic mass is 10.1. The third kappa shape index (κ3) is 4.48. The van der Waals surface area contributed by atoms with Crippen molar-refractivity contribution in [1.82, 2.24) is 5.32 Å². The van der Waals surface area contributed by atoms with Gasteiger partial charge in [-0.2, -0.15) is 0 Å². The Bertz CT molecular complexity index is 374. The molecule has 0 unspecified atom stereocenters. The Balaban J connectivity index is 2.54. The second-order valence-corrected chi connectivity index (χ2v) is 5.24. The normalized spacial score (nSPS) is 11.3. The van der Waals surface area contributed by atoms with Gasteiger partial charge in [-0.15, -0.1) is 0 Å². The van der Waals surface area contributed by atoms with Crippen LogP contribution < -0.4 is 5.32 Å². The summed E-state index contributed by atoms with van der Waals surface area (Å²) in [6.45, 7) is 6.50. The largest absolute Gasteiger partial charge is 0.465 e. The van der Waals surface area contributed by atoms with Gasteiger partial charge in [-0.1, -0.05) is 28.1 Å². The molecule has 0 saturated carbocycles. The zero-order chi connectivity index (χ0) is 12.9. The first-order valence-electron chi connectivity index (χ1n) is 5.62. The molecule has 0 amide bonds. The summed E-state index contributed by atoms with van der Waals surface area (Å²) in [5, 5.41) is 3.19. The standard InChI is InChI=1S/C13H18BrNO2/c1-4-17-12(16)13(2,3)15-9-10-5-7-11(14)8-6-10/h5-8,15H,4,9H2,1-3H3. The lowest BCUT2D eigenvalue weighted by Gasteiger charge is -2.23. The van der Waals surface area contributed by atoms with Crippen molar-refractivity contribution < 1.29 is 9.53 Å². The lowest BCUT2D eigenvalue weighted by Crippen LogP contribution is -2.47. The number of ether oxygens (including phenoxy) is 1. The Morgan fingerprint density at radius 2 is 1.94 bits per heavy atom. The van der Waals surface area contributed by atoms with E-state index in [9.17, 15) is 4.79 Å². The van der Waals surface area contributed by atoms with E-state index in [-0.39, 0.29) is 5.97 Å². The Hall–Kier alpha value is -0.870. The van der Waals surface area contributed by atoms with E-state index < -0.39 is 5.54 Å². The van der Waals surface area contributed by atoms with Crippen molar-refractivity contribution in [2.75, 3.05) is 6.61 Å². The highest BCUT2D eigenvalue weighted by Gasteiger charge is 2.28. The van der Waals surface area contributed by atoms with Gasteiger partial charge >= 0.3 is 5.97 Å². The molecule has 0 bridgehead atoms. The van der Waals surface area contributed by atoms with E-state index in [0.29, 0.717) is 13.2 Å². The van der Waals surface area contributed by atoms with E-state index in [1.54, 1.807) is 0 Å². The molecule has 0 radical (unpaired) electrons. The molecular formula is C13H18BrNO2. The van der Waals surface area contributed by atoms with Gasteiger partial charge < -0.3 is 4.74 Å². The van der Waals surface area contributed by atoms with Crippen LogP contribution in [0.2, 0.25) is 0 Å². The fourth-order valence-corrected chi connectivity index (χ4v) is 1.57. The maximum absolute atomic E-state index is 11.6. The first-order chi connectivity index (χ1) is 7.95. The zero-order valence-electron chi connectivity index (χ0n) is 10.4. The maximum Gasteiger partial charge on any atom is 0.325 e. The van der Waals surface area contributed by atoms with Crippen LogP contribution in [0.25, 0.3) is 0 Å². The number of carbonyl (C=O) groups is 1. The van der Waals surface area contributed by atoms with E-state index in [0.717, 1.165) is 10.0 Å². The number of nitrogens with one attached hydrogen (secondary N) is 1. The average molecular weight is 300 g/mol. The van der Waals surface area contributed by atoms with Crippen molar-refractivity contribution in [2.45, 2.75) is 32.9 Å². The average Bonchev–Trinajstić information content (AvgIpc) is 2.29. The van der Waals surface area contributed by atoms with Crippen LogP contribution in [-0.2, 0) is 16.1 Å². The first-order valence-corrected chi connectivity index (χ1v) is 6.41. The SMILES string of the molecule is CCOC(=O)C(C)(C)NCc1ccc(Br)cc1. The third-order valence-electron chi connectivity index (χ3n) is 2.43. The molecule has 17 heavy (non-hydrogen) atoms. The number of esters is 1. The number of rotatable bonds is 5. The van der Waals surface area contributed by atoms with Crippen LogP contribution in [0.15, 0.2) is 28.7 Å². The van der Waals surface area contributed by atoms with Gasteiger partial charge in [0, 0.05) is 11.0 Å². The fourth-order valence-electron chi connectivity index (χ4n) is 1.31. The lowest BCUT2D eigenvalue weighted by molar-refractivity contribution is -0.149. The minimum Gasteiger partial charge on any atom is -0.465 e. The number of hydrogen-bond acceptors (Lipinski definition) is 3. The van der Waals surface area contributed by atoms with Crippen LogP contribution in [-0.4, -0.2) is 18.1 Å². The molecular weight excluding hydrogens is 282 g/mol. The van der Waals surface area contributed by atoms with Gasteiger partial charge in [0.2, 0.25) is 0 Å². The molecule has 0 aliphatic rings. The Morgan fingerprint density at radius 3 is 2.47 bits per heavy atom. The molecule has 94 valence electrons. The predicted octanol–water partition coefficient (Wildman–Crippen LogP) is 2.88. The summed E-state index contributed by atoms with van der Waals surface area (Å²) in [6, 6.07) is 7.99. The molecule has 0 fully saturated rings. The summed E-state index contributed by atoms with van der Waals surface area (Å²) in [6.07, 6.45) is 0. The van der Waals surface area contributed by atoms with Crippen molar-refractivity contribution in [3.8, 4) is 0 Å². The van der Waals surface area contributed by atoms with Gasteiger partial charge in [-0.05, 0) is 38.5 Å². The molecule has 1 aromatic rings. The molecule has 0 aliphatic heterocycles. The second kappa shape index (κ2) is 6.17. The van der Waals surface area contributed by atoms with E-state index in [1.807, 2.05) is 45.0 Å². The third-order valence-corrected chi connectivity index (χ3v) is 2.96. The Morgan fingerprint density at radius 1 is 1.35 bits per heavy atom. The van der Waals surface area contributed by atoms with Crippen LogP contribution in [0.3, 0.4) is 0 Å². The molecule has 0 heterocycles. The molecule has 0 atom stereocenters. The summed E-state index contributed by atoms with van der Waals surface area (Å²) >= 11 is 3.39. The number of halogens is 1. The van der Waals surface area contributed by atoms with Crippen molar-refractivity contribution >= 4 is 21.9 Å². The Labute approximate surface area is 111 Å². The van der Waals surface area contributed by atoms with Crippen LogP contribution in [0, 0.1) is 0 Å². The van der Waals surface area contributed by atoms with Gasteiger partial charge in [-0.3, -0.25) is 10.1 Å². The van der Waals surface area contributed by atoms with Crippen LogP contribution in [0.1, 0.15) is 26.3 Å². The second-order valence-electron chi connectivity index (χ2n) is 4.33. The fraction of sp³-hybridized carbons (Fsp3) is 0.462. The van der Waals surface area contributed by atoms with E-state index in [4.69, 9.17) is 4.74 Å². The molecule has 1 rings (SSSR count). The van der Waals surface area contributed by atoms with Crippen LogP contribution in [0.4, 0.5) is 0 Å². The molecule has 4 heteroatoms. The molecule has 3 nitrogen and oxygen atoms in total. The van der Waals surface area contributed by atoms with E-state index in [2.05, 4.69) is 21.2 Å². The maximum atomic E-state index is 11.6.